The van der Waals surface area contributed by atoms with Crippen LogP contribution in [-0.4, -0.2) is 67.5 Å². The van der Waals surface area contributed by atoms with Crippen LogP contribution in [0.5, 0.6) is 0 Å². The third kappa shape index (κ3) is 6.38. The molecule has 11 nitrogen and oxygen atoms in total. The molecule has 1 fully saturated rings. The number of nitrogens with one attached hydrogen (secondary N) is 1. The Bertz CT molecular complexity index is 1680. The predicted octanol–water partition coefficient (Wildman–Crippen LogP) is 4.54. The van der Waals surface area contributed by atoms with Crippen molar-refractivity contribution in [3.8, 4) is 11.3 Å². The highest BCUT2D eigenvalue weighted by atomic mass is 35.5. The fourth-order valence-corrected chi connectivity index (χ4v) is 5.91. The van der Waals surface area contributed by atoms with Gasteiger partial charge in [0.25, 0.3) is 17.4 Å². The molecule has 4 aromatic rings. The molecule has 1 aliphatic rings. The fourth-order valence-electron chi connectivity index (χ4n) is 4.36. The Hall–Kier alpha value is -3.65. The van der Waals surface area contributed by atoms with Gasteiger partial charge in [-0.3, -0.25) is 23.7 Å². The first-order valence-corrected chi connectivity index (χ1v) is 15.2. The van der Waals surface area contributed by atoms with Gasteiger partial charge in [0.15, 0.2) is 5.78 Å². The molecule has 42 heavy (non-hydrogen) atoms. The number of thiophene rings is 1. The number of pyridine rings is 1. The summed E-state index contributed by atoms with van der Waals surface area (Å²) in [5.74, 6) is -0.600. The molecule has 0 radical (unpaired) electrons. The molecule has 4 aromatic heterocycles. The Morgan fingerprint density at radius 3 is 2.50 bits per heavy atom. The van der Waals surface area contributed by atoms with E-state index in [1.165, 1.54) is 38.9 Å². The molecule has 0 aliphatic carbocycles. The zero-order valence-electron chi connectivity index (χ0n) is 23.3. The average molecular weight is 629 g/mol. The van der Waals surface area contributed by atoms with Gasteiger partial charge >= 0.3 is 0 Å². The predicted molar refractivity (Wildman–Crippen MR) is 162 cm³/mol. The van der Waals surface area contributed by atoms with Crippen molar-refractivity contribution in [2.75, 3.05) is 31.6 Å². The van der Waals surface area contributed by atoms with Gasteiger partial charge in [-0.05, 0) is 41.9 Å². The first-order valence-electron chi connectivity index (χ1n) is 13.2. The summed E-state index contributed by atoms with van der Waals surface area (Å²) >= 11 is 8.50. The molecule has 0 saturated carbocycles. The lowest BCUT2D eigenvalue weighted by Crippen LogP contribution is -2.43. The lowest BCUT2D eigenvalue weighted by Gasteiger charge is -2.27. The third-order valence-corrected chi connectivity index (χ3v) is 8.62. The normalized spacial score (nSPS) is 13.8. The number of rotatable bonds is 8. The maximum atomic E-state index is 14.0. The summed E-state index contributed by atoms with van der Waals surface area (Å²) in [5.41, 5.74) is -0.873. The maximum Gasteiger partial charge on any atom is 0.270 e. The Balaban J connectivity index is 1.57. The van der Waals surface area contributed by atoms with E-state index < -0.39 is 11.0 Å². The minimum atomic E-state index is -0.762. The number of hydrogen-bond acceptors (Lipinski definition) is 10. The molecule has 0 aromatic carbocycles. The van der Waals surface area contributed by atoms with Crippen molar-refractivity contribution >= 4 is 57.9 Å². The summed E-state index contributed by atoms with van der Waals surface area (Å²) in [5, 5.41) is 7.76. The Morgan fingerprint density at radius 2 is 1.86 bits per heavy atom. The SMILES string of the molecule is CC(C)(C)C(=O)n1nc(-c2ccc(C(=O)N3CCOCC3)n(CC(=O)c3ccns3)c2=O)cc1NCc1ccc(Cl)s1. The number of aromatic nitrogens is 4. The molecule has 1 aliphatic heterocycles. The molecule has 0 atom stereocenters. The quantitative estimate of drug-likeness (QED) is 0.282. The number of carbonyl (C=O) groups excluding carboxylic acids is 3. The molecular weight excluding hydrogens is 600 g/mol. The lowest BCUT2D eigenvalue weighted by molar-refractivity contribution is 0.0295. The topological polar surface area (TPSA) is 128 Å². The van der Waals surface area contributed by atoms with Gasteiger partial charge in [0, 0.05) is 35.6 Å². The van der Waals surface area contributed by atoms with Crippen LogP contribution in [0.1, 0.15) is 50.6 Å². The van der Waals surface area contributed by atoms with Crippen LogP contribution in [0.15, 0.2) is 47.4 Å². The number of anilines is 1. The van der Waals surface area contributed by atoms with E-state index in [2.05, 4.69) is 14.8 Å². The Morgan fingerprint density at radius 1 is 1.10 bits per heavy atom. The molecule has 0 unspecified atom stereocenters. The standard InChI is InChI=1S/C28H29ClN6O5S2/c1-28(2,3)27(39)35-24(30-15-17-4-7-23(29)41-17)14-19(32-35)18-5-6-20(26(38)33-10-12-40-13-11-33)34(25(18)37)16-21(36)22-8-9-31-42-22/h4-9,14,30H,10-13,15-16H2,1-3H3. The molecule has 5 rings (SSSR count). The summed E-state index contributed by atoms with van der Waals surface area (Å²) in [7, 11) is 0. The maximum absolute atomic E-state index is 14.0. The number of nitrogens with zero attached hydrogens (tertiary/aromatic N) is 5. The van der Waals surface area contributed by atoms with Gasteiger partial charge in [0.1, 0.15) is 17.2 Å². The van der Waals surface area contributed by atoms with Crippen molar-refractivity contribution in [2.45, 2.75) is 33.9 Å². The Labute approximate surface area is 254 Å². The van der Waals surface area contributed by atoms with Gasteiger partial charge in [0.2, 0.25) is 0 Å². The van der Waals surface area contributed by atoms with Crippen molar-refractivity contribution in [3.05, 3.63) is 72.7 Å². The van der Waals surface area contributed by atoms with E-state index in [1.807, 2.05) is 6.07 Å². The van der Waals surface area contributed by atoms with Crippen molar-refractivity contribution in [1.29, 1.82) is 0 Å². The van der Waals surface area contributed by atoms with Crippen LogP contribution in [0.2, 0.25) is 4.34 Å². The lowest BCUT2D eigenvalue weighted by atomic mass is 9.96. The van der Waals surface area contributed by atoms with Crippen molar-refractivity contribution < 1.29 is 19.1 Å². The van der Waals surface area contributed by atoms with Gasteiger partial charge in [0.05, 0.1) is 41.1 Å². The van der Waals surface area contributed by atoms with Gasteiger partial charge in [-0.15, -0.1) is 11.3 Å². The van der Waals surface area contributed by atoms with Crippen LogP contribution in [-0.2, 0) is 17.8 Å². The molecule has 0 spiro atoms. The highest BCUT2D eigenvalue weighted by Crippen LogP contribution is 2.27. The molecule has 1 N–H and O–H groups in total. The molecular formula is C28H29ClN6O5S2. The van der Waals surface area contributed by atoms with Gasteiger partial charge in [-0.25, -0.2) is 4.37 Å². The van der Waals surface area contributed by atoms with E-state index in [0.29, 0.717) is 47.9 Å². The van der Waals surface area contributed by atoms with E-state index in [0.717, 1.165) is 16.4 Å². The zero-order chi connectivity index (χ0) is 30.0. The van der Waals surface area contributed by atoms with E-state index in [4.69, 9.17) is 16.3 Å². The summed E-state index contributed by atoms with van der Waals surface area (Å²) in [4.78, 5) is 56.8. The van der Waals surface area contributed by atoms with Crippen molar-refractivity contribution in [3.63, 3.8) is 0 Å². The van der Waals surface area contributed by atoms with Gasteiger partial charge in [-0.1, -0.05) is 32.4 Å². The molecule has 5 heterocycles. The zero-order valence-corrected chi connectivity index (χ0v) is 25.6. The van der Waals surface area contributed by atoms with Crippen LogP contribution >= 0.6 is 34.5 Å². The second kappa shape index (κ2) is 12.3. The van der Waals surface area contributed by atoms with Crippen LogP contribution in [0.3, 0.4) is 0 Å². The van der Waals surface area contributed by atoms with E-state index >= 15 is 0 Å². The largest absolute Gasteiger partial charge is 0.378 e. The molecule has 1 amide bonds. The van der Waals surface area contributed by atoms with E-state index in [9.17, 15) is 19.2 Å². The van der Waals surface area contributed by atoms with Crippen molar-refractivity contribution in [1.82, 2.24) is 23.6 Å². The fraction of sp³-hybridized carbons (Fsp3) is 0.357. The molecule has 220 valence electrons. The highest BCUT2D eigenvalue weighted by Gasteiger charge is 2.29. The van der Waals surface area contributed by atoms with Crippen LogP contribution in [0, 0.1) is 5.41 Å². The van der Waals surface area contributed by atoms with Gasteiger partial charge < -0.3 is 15.0 Å². The molecule has 14 heteroatoms. The smallest absolute Gasteiger partial charge is 0.270 e. The number of Topliss-reactive ketones (excluding diaryl/α,β-unsaturated/α-hetero) is 1. The highest BCUT2D eigenvalue weighted by molar-refractivity contribution is 7.16. The number of morpholine rings is 1. The Kier molecular flexibility index (Phi) is 8.73. The number of ketones is 1. The second-order valence-electron chi connectivity index (χ2n) is 10.7. The molecule has 0 bridgehead atoms. The van der Waals surface area contributed by atoms with E-state index in [1.54, 1.807) is 43.9 Å². The number of carbonyl (C=O) groups is 3. The van der Waals surface area contributed by atoms with Gasteiger partial charge in [-0.2, -0.15) is 9.78 Å². The summed E-state index contributed by atoms with van der Waals surface area (Å²) < 4.78 is 12.4. The van der Waals surface area contributed by atoms with Crippen molar-refractivity contribution in [2.24, 2.45) is 5.41 Å². The number of hydrogen-bond donors (Lipinski definition) is 1. The monoisotopic (exact) mass is 628 g/mol. The number of halogens is 1. The summed E-state index contributed by atoms with van der Waals surface area (Å²) in [6.45, 7) is 6.91. The van der Waals surface area contributed by atoms with Crippen LogP contribution in [0.4, 0.5) is 5.82 Å². The summed E-state index contributed by atoms with van der Waals surface area (Å²) in [6, 6.07) is 9.91. The summed E-state index contributed by atoms with van der Waals surface area (Å²) in [6.07, 6.45) is 1.51. The number of ether oxygens (including phenoxy) is 1. The van der Waals surface area contributed by atoms with E-state index in [-0.39, 0.29) is 41.1 Å². The third-order valence-electron chi connectivity index (χ3n) is 6.60. The second-order valence-corrected chi connectivity index (χ2v) is 13.3. The van der Waals surface area contributed by atoms with Crippen LogP contribution < -0.4 is 10.9 Å². The minimum absolute atomic E-state index is 0.0849. The molecule has 1 saturated heterocycles. The average Bonchev–Trinajstić information content (AvgIpc) is 3.73. The van der Waals surface area contributed by atoms with Crippen LogP contribution in [0.25, 0.3) is 11.3 Å². The first-order chi connectivity index (χ1) is 20.0. The first kappa shape index (κ1) is 29.8. The minimum Gasteiger partial charge on any atom is -0.378 e. The number of amides is 1.